The van der Waals surface area contributed by atoms with Gasteiger partial charge in [0.05, 0.1) is 0 Å². The summed E-state index contributed by atoms with van der Waals surface area (Å²) >= 11 is 0. The molecular formula is C14H32N4O2S. The molecule has 2 atom stereocenters. The van der Waals surface area contributed by atoms with Crippen molar-refractivity contribution in [3.63, 3.8) is 0 Å². The number of hydrogen-bond acceptors (Lipinski definition) is 4. The Morgan fingerprint density at radius 2 is 1.76 bits per heavy atom. The van der Waals surface area contributed by atoms with E-state index in [0.717, 1.165) is 25.9 Å². The third-order valence-electron chi connectivity index (χ3n) is 3.96. The average Bonchev–Trinajstić information content (AvgIpc) is 2.39. The number of piperazine rings is 1. The molecule has 1 rings (SSSR count). The fourth-order valence-electron chi connectivity index (χ4n) is 2.84. The molecule has 0 amide bonds. The van der Waals surface area contributed by atoms with Crippen LogP contribution in [0.15, 0.2) is 0 Å². The highest BCUT2D eigenvalue weighted by atomic mass is 32.2. The zero-order valence-corrected chi connectivity index (χ0v) is 15.0. The Balaban J connectivity index is 2.56. The summed E-state index contributed by atoms with van der Waals surface area (Å²) in [6.07, 6.45) is 1.93. The lowest BCUT2D eigenvalue weighted by Gasteiger charge is -2.43. The molecule has 0 aliphatic carbocycles. The van der Waals surface area contributed by atoms with E-state index in [9.17, 15) is 8.42 Å². The van der Waals surface area contributed by atoms with Crippen molar-refractivity contribution in [1.29, 1.82) is 0 Å². The van der Waals surface area contributed by atoms with Crippen LogP contribution in [0.25, 0.3) is 0 Å². The maximum absolute atomic E-state index is 12.2. The Morgan fingerprint density at radius 3 is 2.24 bits per heavy atom. The fraction of sp³-hybridized carbons (Fsp3) is 1.00. The van der Waals surface area contributed by atoms with E-state index in [1.807, 2.05) is 6.92 Å². The summed E-state index contributed by atoms with van der Waals surface area (Å²) in [6, 6.07) is 0.517. The maximum atomic E-state index is 12.2. The third kappa shape index (κ3) is 5.83. The summed E-state index contributed by atoms with van der Waals surface area (Å²) in [7, 11) is 0.840. The van der Waals surface area contributed by atoms with Gasteiger partial charge in [0.15, 0.2) is 0 Å². The number of nitrogens with one attached hydrogen (secondary N) is 1. The quantitative estimate of drug-likeness (QED) is 0.711. The normalized spacial score (nSPS) is 25.6. The molecule has 7 heteroatoms. The molecule has 0 radical (unpaired) electrons. The van der Waals surface area contributed by atoms with Crippen molar-refractivity contribution in [3.05, 3.63) is 0 Å². The van der Waals surface area contributed by atoms with Gasteiger partial charge in [-0.25, -0.2) is 4.72 Å². The Bertz CT molecular complexity index is 388. The van der Waals surface area contributed by atoms with E-state index in [0.29, 0.717) is 19.6 Å². The van der Waals surface area contributed by atoms with Crippen LogP contribution in [-0.2, 0) is 10.2 Å². The molecule has 0 saturated carbocycles. The van der Waals surface area contributed by atoms with E-state index in [4.69, 9.17) is 0 Å². The molecule has 2 unspecified atom stereocenters. The van der Waals surface area contributed by atoms with Gasteiger partial charge in [-0.05, 0) is 47.3 Å². The molecule has 0 spiro atoms. The summed E-state index contributed by atoms with van der Waals surface area (Å²) in [6.45, 7) is 9.95. The monoisotopic (exact) mass is 320 g/mol. The molecule has 0 aromatic rings. The first-order chi connectivity index (χ1) is 9.77. The Morgan fingerprint density at radius 1 is 1.19 bits per heavy atom. The van der Waals surface area contributed by atoms with Crippen molar-refractivity contribution < 1.29 is 8.42 Å². The van der Waals surface area contributed by atoms with E-state index in [1.165, 1.54) is 0 Å². The Hall–Kier alpha value is -0.210. The van der Waals surface area contributed by atoms with Crippen molar-refractivity contribution in [2.45, 2.75) is 45.7 Å². The van der Waals surface area contributed by atoms with E-state index in [2.05, 4.69) is 42.5 Å². The van der Waals surface area contributed by atoms with Gasteiger partial charge in [-0.2, -0.15) is 12.7 Å². The van der Waals surface area contributed by atoms with Gasteiger partial charge in [-0.1, -0.05) is 6.92 Å². The largest absolute Gasteiger partial charge is 0.309 e. The van der Waals surface area contributed by atoms with Crippen LogP contribution in [0, 0.1) is 0 Å². The van der Waals surface area contributed by atoms with Crippen LogP contribution >= 0.6 is 0 Å². The molecule has 6 nitrogen and oxygen atoms in total. The molecule has 1 aliphatic heterocycles. The lowest BCUT2D eigenvalue weighted by atomic mass is 10.1. The van der Waals surface area contributed by atoms with Gasteiger partial charge in [0, 0.05) is 38.3 Å². The lowest BCUT2D eigenvalue weighted by molar-refractivity contribution is 0.0735. The Labute approximate surface area is 130 Å². The van der Waals surface area contributed by atoms with Crippen molar-refractivity contribution in [2.24, 2.45) is 0 Å². The average molecular weight is 321 g/mol. The highest BCUT2D eigenvalue weighted by Gasteiger charge is 2.34. The van der Waals surface area contributed by atoms with Gasteiger partial charge in [-0.15, -0.1) is 0 Å². The van der Waals surface area contributed by atoms with Gasteiger partial charge in [-0.3, -0.25) is 4.90 Å². The highest BCUT2D eigenvalue weighted by Crippen LogP contribution is 2.18. The third-order valence-corrected chi connectivity index (χ3v) is 5.51. The van der Waals surface area contributed by atoms with Crippen LogP contribution in [0.1, 0.15) is 33.6 Å². The zero-order chi connectivity index (χ0) is 16.0. The van der Waals surface area contributed by atoms with Crippen molar-refractivity contribution in [2.75, 3.05) is 46.8 Å². The van der Waals surface area contributed by atoms with Crippen LogP contribution in [0.2, 0.25) is 0 Å². The first kappa shape index (κ1) is 18.8. The van der Waals surface area contributed by atoms with Crippen molar-refractivity contribution in [1.82, 2.24) is 18.8 Å². The molecule has 1 heterocycles. The van der Waals surface area contributed by atoms with E-state index >= 15 is 0 Å². The van der Waals surface area contributed by atoms with Gasteiger partial charge >= 0.3 is 0 Å². The SMILES string of the molecule is CCCNS(=O)(=O)N1CC(C)N(CCCN(C)C)C(C)C1. The van der Waals surface area contributed by atoms with Gasteiger partial charge in [0.25, 0.3) is 10.2 Å². The molecule has 0 bridgehead atoms. The minimum Gasteiger partial charge on any atom is -0.309 e. The predicted molar refractivity (Wildman–Crippen MR) is 87.6 cm³/mol. The van der Waals surface area contributed by atoms with Crippen LogP contribution < -0.4 is 4.72 Å². The number of nitrogens with zero attached hydrogens (tertiary/aromatic N) is 3. The second kappa shape index (κ2) is 8.43. The molecule has 0 aromatic heterocycles. The van der Waals surface area contributed by atoms with E-state index < -0.39 is 10.2 Å². The predicted octanol–water partition coefficient (Wildman–Crippen LogP) is 0.577. The molecule has 21 heavy (non-hydrogen) atoms. The molecule has 1 fully saturated rings. The first-order valence-corrected chi connectivity index (χ1v) is 9.37. The summed E-state index contributed by atoms with van der Waals surface area (Å²) < 4.78 is 28.7. The molecule has 0 aromatic carbocycles. The number of rotatable bonds is 8. The summed E-state index contributed by atoms with van der Waals surface area (Å²) in [5.41, 5.74) is 0. The lowest BCUT2D eigenvalue weighted by Crippen LogP contribution is -2.59. The van der Waals surface area contributed by atoms with Crippen LogP contribution in [0.5, 0.6) is 0 Å². The number of hydrogen-bond donors (Lipinski definition) is 1. The highest BCUT2D eigenvalue weighted by molar-refractivity contribution is 7.87. The van der Waals surface area contributed by atoms with E-state index in [1.54, 1.807) is 4.31 Å². The maximum Gasteiger partial charge on any atom is 0.279 e. The summed E-state index contributed by atoms with van der Waals surface area (Å²) in [5, 5.41) is 0. The van der Waals surface area contributed by atoms with E-state index in [-0.39, 0.29) is 12.1 Å². The standard InChI is InChI=1S/C14H32N4O2S/c1-6-8-15-21(19,20)17-11-13(2)18(14(3)12-17)10-7-9-16(4)5/h13-15H,6-12H2,1-5H3. The fourth-order valence-corrected chi connectivity index (χ4v) is 4.31. The minimum atomic E-state index is -3.32. The molecular weight excluding hydrogens is 288 g/mol. The van der Waals surface area contributed by atoms with Crippen molar-refractivity contribution >= 4 is 10.2 Å². The van der Waals surface area contributed by atoms with Gasteiger partial charge in [0.1, 0.15) is 0 Å². The van der Waals surface area contributed by atoms with Crippen LogP contribution in [0.4, 0.5) is 0 Å². The Kier molecular flexibility index (Phi) is 7.56. The summed E-state index contributed by atoms with van der Waals surface area (Å²) in [4.78, 5) is 4.61. The second-order valence-electron chi connectivity index (χ2n) is 6.31. The van der Waals surface area contributed by atoms with Crippen LogP contribution in [-0.4, -0.2) is 81.4 Å². The summed E-state index contributed by atoms with van der Waals surface area (Å²) in [5.74, 6) is 0. The first-order valence-electron chi connectivity index (χ1n) is 7.93. The topological polar surface area (TPSA) is 55.9 Å². The van der Waals surface area contributed by atoms with Crippen molar-refractivity contribution in [3.8, 4) is 0 Å². The van der Waals surface area contributed by atoms with Crippen LogP contribution in [0.3, 0.4) is 0 Å². The molecule has 126 valence electrons. The van der Waals surface area contributed by atoms with Gasteiger partial charge in [0.2, 0.25) is 0 Å². The second-order valence-corrected chi connectivity index (χ2v) is 8.06. The zero-order valence-electron chi connectivity index (χ0n) is 14.2. The molecule has 1 N–H and O–H groups in total. The minimum absolute atomic E-state index is 0.258. The smallest absolute Gasteiger partial charge is 0.279 e. The molecule has 1 saturated heterocycles. The van der Waals surface area contributed by atoms with Gasteiger partial charge < -0.3 is 4.90 Å². The molecule has 1 aliphatic rings.